The van der Waals surface area contributed by atoms with Gasteiger partial charge in [0.05, 0.1) is 7.11 Å². The van der Waals surface area contributed by atoms with E-state index in [0.717, 1.165) is 31.2 Å². The second kappa shape index (κ2) is 8.86. The lowest BCUT2D eigenvalue weighted by atomic mass is 9.90. The Morgan fingerprint density at radius 3 is 2.43 bits per heavy atom. The van der Waals surface area contributed by atoms with Crippen molar-refractivity contribution >= 4 is 11.8 Å². The molecular weight excluding hydrogens is 380 g/mol. The van der Waals surface area contributed by atoms with Crippen molar-refractivity contribution in [3.05, 3.63) is 23.8 Å². The number of benzene rings is 1. The van der Waals surface area contributed by atoms with Crippen LogP contribution in [0.25, 0.3) is 0 Å². The van der Waals surface area contributed by atoms with E-state index in [9.17, 15) is 9.59 Å². The minimum Gasteiger partial charge on any atom is -0.497 e. The zero-order chi connectivity index (χ0) is 22.1. The fourth-order valence-corrected chi connectivity index (χ4v) is 4.46. The van der Waals surface area contributed by atoms with E-state index in [1.807, 2.05) is 51.7 Å². The molecule has 166 valence electrons. The van der Waals surface area contributed by atoms with E-state index in [1.165, 1.54) is 6.42 Å². The third-order valence-electron chi connectivity index (χ3n) is 5.87. The number of ether oxygens (including phenoxy) is 2. The molecule has 0 radical (unpaired) electrons. The standard InChI is InChI=1S/C24H36N2O4/c1-15(2)21-23(28)26(16-10-8-7-9-11-16)20(22(27)25-24(3,4)5)18-13-12-17(29-6)14-19(18)30-21/h12-16,20-21H,7-11H2,1-6H3,(H,25,27). The van der Waals surface area contributed by atoms with E-state index in [0.29, 0.717) is 11.5 Å². The summed E-state index contributed by atoms with van der Waals surface area (Å²) in [5.74, 6) is 0.910. The Bertz CT molecular complexity index is 778. The molecule has 0 saturated heterocycles. The van der Waals surface area contributed by atoms with Crippen LogP contribution in [0.2, 0.25) is 0 Å². The van der Waals surface area contributed by atoms with Crippen LogP contribution in [0, 0.1) is 5.92 Å². The molecule has 2 unspecified atom stereocenters. The lowest BCUT2D eigenvalue weighted by Gasteiger charge is -2.40. The summed E-state index contributed by atoms with van der Waals surface area (Å²) in [5, 5.41) is 3.10. The number of hydrogen-bond acceptors (Lipinski definition) is 4. The van der Waals surface area contributed by atoms with Gasteiger partial charge in [-0.1, -0.05) is 33.1 Å². The Balaban J connectivity index is 2.15. The first kappa shape index (κ1) is 22.4. The monoisotopic (exact) mass is 416 g/mol. The molecular formula is C24H36N2O4. The van der Waals surface area contributed by atoms with Gasteiger partial charge in [-0.3, -0.25) is 9.59 Å². The first-order chi connectivity index (χ1) is 14.1. The summed E-state index contributed by atoms with van der Waals surface area (Å²) in [6.45, 7) is 9.83. The zero-order valence-corrected chi connectivity index (χ0v) is 19.2. The Hall–Kier alpha value is -2.24. The van der Waals surface area contributed by atoms with Gasteiger partial charge in [-0.05, 0) is 51.7 Å². The third-order valence-corrected chi connectivity index (χ3v) is 5.87. The SMILES string of the molecule is COc1ccc2c(c1)OC(C(C)C)C(=O)N(C1CCCCC1)C2C(=O)NC(C)(C)C. The summed E-state index contributed by atoms with van der Waals surface area (Å²) in [5.41, 5.74) is 0.315. The number of carbonyl (C=O) groups excluding carboxylic acids is 2. The Kier molecular flexibility index (Phi) is 6.63. The predicted octanol–water partition coefficient (Wildman–Crippen LogP) is 4.23. The van der Waals surface area contributed by atoms with Gasteiger partial charge in [-0.25, -0.2) is 0 Å². The highest BCUT2D eigenvalue weighted by Gasteiger charge is 2.45. The van der Waals surface area contributed by atoms with Gasteiger partial charge in [-0.2, -0.15) is 0 Å². The maximum atomic E-state index is 13.8. The molecule has 2 atom stereocenters. The lowest BCUT2D eigenvalue weighted by Crippen LogP contribution is -2.54. The molecule has 1 aliphatic carbocycles. The van der Waals surface area contributed by atoms with Crippen molar-refractivity contribution in [2.24, 2.45) is 5.92 Å². The van der Waals surface area contributed by atoms with Crippen LogP contribution in [0.4, 0.5) is 0 Å². The molecule has 1 fully saturated rings. The summed E-state index contributed by atoms with van der Waals surface area (Å²) in [6, 6.07) is 4.81. The van der Waals surface area contributed by atoms with E-state index < -0.39 is 17.7 Å². The molecule has 0 bridgehead atoms. The number of fused-ring (bicyclic) bond motifs is 1. The Morgan fingerprint density at radius 2 is 1.87 bits per heavy atom. The van der Waals surface area contributed by atoms with E-state index in [-0.39, 0.29) is 23.8 Å². The van der Waals surface area contributed by atoms with E-state index in [1.54, 1.807) is 13.2 Å². The number of carbonyl (C=O) groups is 2. The quantitative estimate of drug-likeness (QED) is 0.798. The van der Waals surface area contributed by atoms with Crippen LogP contribution in [-0.2, 0) is 9.59 Å². The molecule has 6 heteroatoms. The first-order valence-corrected chi connectivity index (χ1v) is 11.1. The topological polar surface area (TPSA) is 67.9 Å². The smallest absolute Gasteiger partial charge is 0.265 e. The second-order valence-corrected chi connectivity index (χ2v) is 9.87. The minimum absolute atomic E-state index is 0.0212. The molecule has 0 aromatic heterocycles. The average molecular weight is 417 g/mol. The largest absolute Gasteiger partial charge is 0.497 e. The van der Waals surface area contributed by atoms with E-state index in [4.69, 9.17) is 9.47 Å². The molecule has 3 rings (SSSR count). The van der Waals surface area contributed by atoms with Gasteiger partial charge in [0, 0.05) is 23.2 Å². The van der Waals surface area contributed by atoms with Crippen molar-refractivity contribution in [3.63, 3.8) is 0 Å². The summed E-state index contributed by atoms with van der Waals surface area (Å²) in [7, 11) is 1.60. The second-order valence-electron chi connectivity index (χ2n) is 9.87. The number of hydrogen-bond donors (Lipinski definition) is 1. The maximum absolute atomic E-state index is 13.8. The van der Waals surface area contributed by atoms with Crippen molar-refractivity contribution < 1.29 is 19.1 Å². The number of nitrogens with zero attached hydrogens (tertiary/aromatic N) is 1. The van der Waals surface area contributed by atoms with Gasteiger partial charge >= 0.3 is 0 Å². The molecule has 1 aliphatic heterocycles. The van der Waals surface area contributed by atoms with Crippen LogP contribution in [-0.4, -0.2) is 41.5 Å². The van der Waals surface area contributed by atoms with Crippen molar-refractivity contribution in [2.45, 2.75) is 90.4 Å². The summed E-state index contributed by atoms with van der Waals surface area (Å²) < 4.78 is 11.6. The fourth-order valence-electron chi connectivity index (χ4n) is 4.46. The normalized spacial score (nSPS) is 22.9. The highest BCUT2D eigenvalue weighted by atomic mass is 16.5. The van der Waals surface area contributed by atoms with Crippen LogP contribution < -0.4 is 14.8 Å². The lowest BCUT2D eigenvalue weighted by molar-refractivity contribution is -0.150. The van der Waals surface area contributed by atoms with Crippen molar-refractivity contribution in [2.75, 3.05) is 7.11 Å². The highest BCUT2D eigenvalue weighted by molar-refractivity contribution is 5.92. The summed E-state index contributed by atoms with van der Waals surface area (Å²) in [4.78, 5) is 29.2. The van der Waals surface area contributed by atoms with Crippen LogP contribution in [0.1, 0.15) is 78.3 Å². The van der Waals surface area contributed by atoms with E-state index in [2.05, 4.69) is 5.32 Å². The van der Waals surface area contributed by atoms with Crippen molar-refractivity contribution in [1.29, 1.82) is 0 Å². The van der Waals surface area contributed by atoms with Crippen LogP contribution >= 0.6 is 0 Å². The van der Waals surface area contributed by atoms with Gasteiger partial charge < -0.3 is 19.7 Å². The number of amides is 2. The highest BCUT2D eigenvalue weighted by Crippen LogP contribution is 2.41. The molecule has 2 amide bonds. The van der Waals surface area contributed by atoms with Gasteiger partial charge in [-0.15, -0.1) is 0 Å². The summed E-state index contributed by atoms with van der Waals surface area (Å²) in [6.07, 6.45) is 4.53. The Labute approximate surface area is 180 Å². The van der Waals surface area contributed by atoms with Crippen LogP contribution in [0.5, 0.6) is 11.5 Å². The van der Waals surface area contributed by atoms with Gasteiger partial charge in [0.2, 0.25) is 5.91 Å². The number of methoxy groups -OCH3 is 1. The predicted molar refractivity (Wildman–Crippen MR) is 117 cm³/mol. The molecule has 6 nitrogen and oxygen atoms in total. The van der Waals surface area contributed by atoms with E-state index >= 15 is 0 Å². The fraction of sp³-hybridized carbons (Fsp3) is 0.667. The molecule has 30 heavy (non-hydrogen) atoms. The molecule has 1 saturated carbocycles. The average Bonchev–Trinajstić information content (AvgIpc) is 2.81. The van der Waals surface area contributed by atoms with Crippen LogP contribution in [0.3, 0.4) is 0 Å². The number of rotatable bonds is 4. The first-order valence-electron chi connectivity index (χ1n) is 11.1. The summed E-state index contributed by atoms with van der Waals surface area (Å²) >= 11 is 0. The Morgan fingerprint density at radius 1 is 1.20 bits per heavy atom. The van der Waals surface area contributed by atoms with Crippen LogP contribution in [0.15, 0.2) is 18.2 Å². The zero-order valence-electron chi connectivity index (χ0n) is 19.2. The molecule has 1 heterocycles. The van der Waals surface area contributed by atoms with Gasteiger partial charge in [0.1, 0.15) is 17.5 Å². The minimum atomic E-state index is -0.718. The van der Waals surface area contributed by atoms with Gasteiger partial charge in [0.25, 0.3) is 5.91 Å². The molecule has 2 aliphatic rings. The van der Waals surface area contributed by atoms with Gasteiger partial charge in [0.15, 0.2) is 6.10 Å². The molecule has 1 aromatic carbocycles. The maximum Gasteiger partial charge on any atom is 0.265 e. The molecule has 0 spiro atoms. The molecule has 1 N–H and O–H groups in total. The third kappa shape index (κ3) is 4.73. The van der Waals surface area contributed by atoms with Crippen molar-refractivity contribution in [3.8, 4) is 11.5 Å². The van der Waals surface area contributed by atoms with Crippen molar-refractivity contribution in [1.82, 2.24) is 10.2 Å². The molecule has 1 aromatic rings. The number of nitrogens with one attached hydrogen (secondary N) is 1.